The first-order valence-corrected chi connectivity index (χ1v) is 6.01. The van der Waals surface area contributed by atoms with Crippen molar-refractivity contribution in [2.24, 2.45) is 5.92 Å². The topological polar surface area (TPSA) is 41.1 Å². The first-order valence-electron chi connectivity index (χ1n) is 6.01. The van der Waals surface area contributed by atoms with Gasteiger partial charge in [-0.25, -0.2) is 0 Å². The second kappa shape index (κ2) is 3.81. The predicted molar refractivity (Wildman–Crippen MR) is 63.3 cm³/mol. The van der Waals surface area contributed by atoms with E-state index in [9.17, 15) is 4.79 Å². The van der Waals surface area contributed by atoms with Gasteiger partial charge in [0.15, 0.2) is 0 Å². The number of hydrogen-bond acceptors (Lipinski definition) is 2. The van der Waals surface area contributed by atoms with Crippen molar-refractivity contribution >= 4 is 11.6 Å². The van der Waals surface area contributed by atoms with Crippen LogP contribution in [0, 0.1) is 5.92 Å². The lowest BCUT2D eigenvalue weighted by molar-refractivity contribution is 0.0922. The molecule has 0 bridgehead atoms. The molecule has 1 aliphatic carbocycles. The van der Waals surface area contributed by atoms with E-state index in [1.165, 1.54) is 25.7 Å². The van der Waals surface area contributed by atoms with Gasteiger partial charge in [-0.2, -0.15) is 0 Å². The van der Waals surface area contributed by atoms with Crippen molar-refractivity contribution in [2.75, 3.05) is 5.32 Å². The van der Waals surface area contributed by atoms with Gasteiger partial charge in [0.25, 0.3) is 5.91 Å². The van der Waals surface area contributed by atoms with Crippen LogP contribution in [0.3, 0.4) is 0 Å². The standard InChI is InChI=1S/C13H16N2O/c16-13-10-7-3-4-8-11(10)14-12(15-13)9-5-1-2-6-9/h3-4,7-9,12,14H,1-2,5-6H2,(H,15,16). The Kier molecular flexibility index (Phi) is 2.31. The average Bonchev–Trinajstić information content (AvgIpc) is 2.82. The van der Waals surface area contributed by atoms with Crippen LogP contribution in [0.1, 0.15) is 36.0 Å². The lowest BCUT2D eigenvalue weighted by Crippen LogP contribution is -2.48. The molecule has 3 nitrogen and oxygen atoms in total. The van der Waals surface area contributed by atoms with Crippen LogP contribution in [0.25, 0.3) is 0 Å². The first-order chi connectivity index (χ1) is 7.84. The molecule has 1 heterocycles. The molecule has 1 fully saturated rings. The third kappa shape index (κ3) is 1.56. The lowest BCUT2D eigenvalue weighted by Gasteiger charge is -2.31. The fourth-order valence-electron chi connectivity index (χ4n) is 2.76. The van der Waals surface area contributed by atoms with Crippen LogP contribution in [0.15, 0.2) is 24.3 Å². The molecule has 3 rings (SSSR count). The maximum atomic E-state index is 11.9. The average molecular weight is 216 g/mol. The number of para-hydroxylation sites is 1. The molecule has 1 aliphatic heterocycles. The Morgan fingerprint density at radius 3 is 2.62 bits per heavy atom. The molecule has 2 N–H and O–H groups in total. The van der Waals surface area contributed by atoms with Gasteiger partial charge in [-0.15, -0.1) is 0 Å². The molecule has 3 heteroatoms. The highest BCUT2D eigenvalue weighted by Gasteiger charge is 2.30. The number of fused-ring (bicyclic) bond motifs is 1. The van der Waals surface area contributed by atoms with E-state index in [1.54, 1.807) is 0 Å². The predicted octanol–water partition coefficient (Wildman–Crippen LogP) is 2.36. The quantitative estimate of drug-likeness (QED) is 0.756. The zero-order chi connectivity index (χ0) is 11.0. The summed E-state index contributed by atoms with van der Waals surface area (Å²) in [6.45, 7) is 0. The van der Waals surface area contributed by atoms with Gasteiger partial charge in [0.2, 0.25) is 0 Å². The van der Waals surface area contributed by atoms with Crippen molar-refractivity contribution in [3.05, 3.63) is 29.8 Å². The summed E-state index contributed by atoms with van der Waals surface area (Å²) in [5.74, 6) is 0.656. The van der Waals surface area contributed by atoms with Crippen molar-refractivity contribution < 1.29 is 4.79 Å². The third-order valence-corrected chi connectivity index (χ3v) is 3.64. The molecule has 0 radical (unpaired) electrons. The SMILES string of the molecule is O=C1NC(C2CCCC2)Nc2ccccc21. The van der Waals surface area contributed by atoms with Gasteiger partial charge in [0.1, 0.15) is 6.17 Å². The van der Waals surface area contributed by atoms with E-state index in [4.69, 9.17) is 0 Å². The number of benzene rings is 1. The minimum atomic E-state index is 0.0613. The van der Waals surface area contributed by atoms with E-state index in [0.717, 1.165) is 11.3 Å². The van der Waals surface area contributed by atoms with Crippen molar-refractivity contribution in [1.29, 1.82) is 0 Å². The Morgan fingerprint density at radius 1 is 1.06 bits per heavy atom. The van der Waals surface area contributed by atoms with Crippen LogP contribution in [0.2, 0.25) is 0 Å². The highest BCUT2D eigenvalue weighted by atomic mass is 16.2. The van der Waals surface area contributed by atoms with Gasteiger partial charge in [0, 0.05) is 5.69 Å². The van der Waals surface area contributed by atoms with Crippen molar-refractivity contribution in [3.8, 4) is 0 Å². The summed E-state index contributed by atoms with van der Waals surface area (Å²) in [5.41, 5.74) is 1.74. The largest absolute Gasteiger partial charge is 0.364 e. The summed E-state index contributed by atoms with van der Waals surface area (Å²) in [5, 5.41) is 6.50. The second-order valence-electron chi connectivity index (χ2n) is 4.69. The molecule has 0 saturated heterocycles. The Morgan fingerprint density at radius 2 is 1.81 bits per heavy atom. The van der Waals surface area contributed by atoms with E-state index < -0.39 is 0 Å². The number of anilines is 1. The molecule has 1 aromatic rings. The summed E-state index contributed by atoms with van der Waals surface area (Å²) in [6.07, 6.45) is 5.16. The van der Waals surface area contributed by atoms with Crippen molar-refractivity contribution in [3.63, 3.8) is 0 Å². The molecule has 1 saturated carbocycles. The Bertz CT molecular complexity index is 410. The van der Waals surface area contributed by atoms with E-state index in [0.29, 0.717) is 5.92 Å². The molecule has 1 amide bonds. The van der Waals surface area contributed by atoms with Gasteiger partial charge < -0.3 is 10.6 Å². The lowest BCUT2D eigenvalue weighted by atomic mass is 10.0. The molecular weight excluding hydrogens is 200 g/mol. The number of carbonyl (C=O) groups excluding carboxylic acids is 1. The highest BCUT2D eigenvalue weighted by Crippen LogP contribution is 2.31. The minimum absolute atomic E-state index is 0.0613. The molecule has 16 heavy (non-hydrogen) atoms. The van der Waals surface area contributed by atoms with Gasteiger partial charge in [-0.3, -0.25) is 4.79 Å². The second-order valence-corrected chi connectivity index (χ2v) is 4.69. The molecule has 0 spiro atoms. The minimum Gasteiger partial charge on any atom is -0.364 e. The first kappa shape index (κ1) is 9.70. The summed E-state index contributed by atoms with van der Waals surface area (Å²) in [4.78, 5) is 11.9. The van der Waals surface area contributed by atoms with E-state index in [-0.39, 0.29) is 12.1 Å². The fraction of sp³-hybridized carbons (Fsp3) is 0.462. The molecule has 1 unspecified atom stereocenters. The Labute approximate surface area is 95.2 Å². The Balaban J connectivity index is 1.85. The van der Waals surface area contributed by atoms with Gasteiger partial charge in [0.05, 0.1) is 5.56 Å². The van der Waals surface area contributed by atoms with Gasteiger partial charge in [-0.1, -0.05) is 25.0 Å². The van der Waals surface area contributed by atoms with Crippen LogP contribution in [0.5, 0.6) is 0 Å². The number of carbonyl (C=O) groups is 1. The summed E-state index contributed by atoms with van der Waals surface area (Å²) in [7, 11) is 0. The monoisotopic (exact) mass is 216 g/mol. The number of rotatable bonds is 1. The number of hydrogen-bond donors (Lipinski definition) is 2. The number of amides is 1. The Hall–Kier alpha value is -1.51. The normalized spacial score (nSPS) is 24.8. The molecular formula is C13H16N2O. The van der Waals surface area contributed by atoms with E-state index in [1.807, 2.05) is 24.3 Å². The number of nitrogens with one attached hydrogen (secondary N) is 2. The summed E-state index contributed by atoms with van der Waals surface area (Å²) < 4.78 is 0. The van der Waals surface area contributed by atoms with E-state index in [2.05, 4.69) is 10.6 Å². The molecule has 2 aliphatic rings. The van der Waals surface area contributed by atoms with Gasteiger partial charge in [-0.05, 0) is 30.9 Å². The van der Waals surface area contributed by atoms with Crippen LogP contribution >= 0.6 is 0 Å². The van der Waals surface area contributed by atoms with Crippen LogP contribution < -0.4 is 10.6 Å². The van der Waals surface area contributed by atoms with Crippen LogP contribution in [-0.2, 0) is 0 Å². The van der Waals surface area contributed by atoms with Crippen LogP contribution in [0.4, 0.5) is 5.69 Å². The molecule has 1 atom stereocenters. The third-order valence-electron chi connectivity index (χ3n) is 3.64. The van der Waals surface area contributed by atoms with E-state index >= 15 is 0 Å². The fourth-order valence-corrected chi connectivity index (χ4v) is 2.76. The smallest absolute Gasteiger partial charge is 0.254 e. The highest BCUT2D eigenvalue weighted by molar-refractivity contribution is 6.01. The summed E-state index contributed by atoms with van der Waals surface area (Å²) >= 11 is 0. The molecule has 1 aromatic carbocycles. The van der Waals surface area contributed by atoms with Crippen molar-refractivity contribution in [1.82, 2.24) is 5.32 Å². The van der Waals surface area contributed by atoms with Gasteiger partial charge >= 0.3 is 0 Å². The maximum absolute atomic E-state index is 11.9. The molecule has 84 valence electrons. The van der Waals surface area contributed by atoms with Crippen LogP contribution in [-0.4, -0.2) is 12.1 Å². The summed E-state index contributed by atoms with van der Waals surface area (Å²) in [6, 6.07) is 7.71. The maximum Gasteiger partial charge on any atom is 0.254 e. The zero-order valence-corrected chi connectivity index (χ0v) is 9.20. The molecule has 0 aromatic heterocycles. The zero-order valence-electron chi connectivity index (χ0n) is 9.20. The van der Waals surface area contributed by atoms with Crippen molar-refractivity contribution in [2.45, 2.75) is 31.8 Å².